The molecule has 3 heteroatoms. The van der Waals surface area contributed by atoms with Gasteiger partial charge in [-0.25, -0.2) is 0 Å². The molecular formula is C13H17NOS. The van der Waals surface area contributed by atoms with E-state index < -0.39 is 0 Å². The van der Waals surface area contributed by atoms with E-state index in [1.165, 1.54) is 0 Å². The Kier molecular flexibility index (Phi) is 3.24. The normalized spacial score (nSPS) is 22.9. The first-order valence-electron chi connectivity index (χ1n) is 5.72. The van der Waals surface area contributed by atoms with Crippen molar-refractivity contribution >= 4 is 18.5 Å². The minimum absolute atomic E-state index is 0.0364. The van der Waals surface area contributed by atoms with Crippen LogP contribution in [0.1, 0.15) is 35.7 Å². The highest BCUT2D eigenvalue weighted by molar-refractivity contribution is 7.80. The summed E-state index contributed by atoms with van der Waals surface area (Å²) >= 11 is 4.26. The maximum absolute atomic E-state index is 12.0. The second-order valence-electron chi connectivity index (χ2n) is 4.48. The minimum Gasteiger partial charge on any atom is -0.349 e. The molecule has 2 unspecified atom stereocenters. The number of benzene rings is 1. The Morgan fingerprint density at radius 2 is 2.31 bits per heavy atom. The van der Waals surface area contributed by atoms with E-state index in [-0.39, 0.29) is 5.91 Å². The Balaban J connectivity index is 2.06. The molecule has 0 heterocycles. The van der Waals surface area contributed by atoms with Gasteiger partial charge >= 0.3 is 0 Å². The molecule has 0 aromatic heterocycles. The van der Waals surface area contributed by atoms with E-state index in [0.29, 0.717) is 12.0 Å². The van der Waals surface area contributed by atoms with Gasteiger partial charge in [0.15, 0.2) is 0 Å². The van der Waals surface area contributed by atoms with Crippen molar-refractivity contribution in [2.24, 2.45) is 5.92 Å². The molecule has 1 aromatic carbocycles. The number of thiol groups is 1. The van der Waals surface area contributed by atoms with E-state index >= 15 is 0 Å². The molecule has 2 atom stereocenters. The molecule has 1 fully saturated rings. The predicted molar refractivity (Wildman–Crippen MR) is 68.1 cm³/mol. The number of nitrogens with one attached hydrogen (secondary N) is 1. The van der Waals surface area contributed by atoms with Gasteiger partial charge in [-0.15, -0.1) is 12.6 Å². The highest BCUT2D eigenvalue weighted by Gasteiger charge is 2.36. The van der Waals surface area contributed by atoms with E-state index in [1.54, 1.807) is 0 Å². The molecule has 0 spiro atoms. The lowest BCUT2D eigenvalue weighted by atomic mass is 10.1. The summed E-state index contributed by atoms with van der Waals surface area (Å²) in [5, 5.41) is 3.07. The van der Waals surface area contributed by atoms with Gasteiger partial charge in [0.2, 0.25) is 0 Å². The van der Waals surface area contributed by atoms with Gasteiger partial charge in [0.05, 0.1) is 0 Å². The molecule has 2 nitrogen and oxygen atoms in total. The van der Waals surface area contributed by atoms with Crippen LogP contribution in [-0.2, 0) is 0 Å². The van der Waals surface area contributed by atoms with Crippen LogP contribution in [0.5, 0.6) is 0 Å². The number of carbonyl (C=O) groups excluding carboxylic acids is 1. The number of carbonyl (C=O) groups is 1. The first-order chi connectivity index (χ1) is 7.61. The van der Waals surface area contributed by atoms with Gasteiger partial charge in [0.25, 0.3) is 5.91 Å². The Morgan fingerprint density at radius 1 is 1.56 bits per heavy atom. The monoisotopic (exact) mass is 235 g/mol. The standard InChI is InChI=1S/C13H17NOS/c1-3-9-6-12(9)14-13(15)11-7-10(16)5-4-8(11)2/h4-5,7,9,12,16H,3,6H2,1-2H3,(H,14,15). The van der Waals surface area contributed by atoms with E-state index in [9.17, 15) is 4.79 Å². The summed E-state index contributed by atoms with van der Waals surface area (Å²) in [4.78, 5) is 12.8. The molecule has 1 N–H and O–H groups in total. The number of rotatable bonds is 3. The van der Waals surface area contributed by atoms with E-state index in [0.717, 1.165) is 28.9 Å². The minimum atomic E-state index is 0.0364. The zero-order chi connectivity index (χ0) is 11.7. The third-order valence-corrected chi connectivity index (χ3v) is 3.51. The van der Waals surface area contributed by atoms with Gasteiger partial charge in [-0.3, -0.25) is 4.79 Å². The second-order valence-corrected chi connectivity index (χ2v) is 5.00. The van der Waals surface area contributed by atoms with Gasteiger partial charge in [-0.05, 0) is 37.0 Å². The molecule has 0 aliphatic heterocycles. The van der Waals surface area contributed by atoms with Gasteiger partial charge in [-0.1, -0.05) is 19.4 Å². The summed E-state index contributed by atoms with van der Waals surface area (Å²) in [7, 11) is 0. The summed E-state index contributed by atoms with van der Waals surface area (Å²) in [5.74, 6) is 0.720. The number of hydrogen-bond acceptors (Lipinski definition) is 2. The summed E-state index contributed by atoms with van der Waals surface area (Å²) in [6.45, 7) is 4.11. The molecule has 1 saturated carbocycles. The lowest BCUT2D eigenvalue weighted by molar-refractivity contribution is 0.0948. The lowest BCUT2D eigenvalue weighted by Gasteiger charge is -2.07. The first kappa shape index (κ1) is 11.5. The van der Waals surface area contributed by atoms with E-state index in [4.69, 9.17) is 0 Å². The molecule has 1 aliphatic carbocycles. The lowest BCUT2D eigenvalue weighted by Crippen LogP contribution is -2.27. The molecule has 0 bridgehead atoms. The fourth-order valence-corrected chi connectivity index (χ4v) is 2.18. The summed E-state index contributed by atoms with van der Waals surface area (Å²) < 4.78 is 0. The van der Waals surface area contributed by atoms with Crippen molar-refractivity contribution in [2.45, 2.75) is 37.6 Å². The topological polar surface area (TPSA) is 29.1 Å². The van der Waals surface area contributed by atoms with E-state index in [2.05, 4.69) is 24.9 Å². The molecule has 86 valence electrons. The van der Waals surface area contributed by atoms with Crippen molar-refractivity contribution in [3.8, 4) is 0 Å². The Bertz CT molecular complexity index is 416. The van der Waals surface area contributed by atoms with Crippen molar-refractivity contribution in [3.05, 3.63) is 29.3 Å². The maximum Gasteiger partial charge on any atom is 0.251 e. The van der Waals surface area contributed by atoms with Crippen molar-refractivity contribution in [2.75, 3.05) is 0 Å². The highest BCUT2D eigenvalue weighted by Crippen LogP contribution is 2.33. The Hall–Kier alpha value is -0.960. The van der Waals surface area contributed by atoms with Gasteiger partial charge in [0.1, 0.15) is 0 Å². The fourth-order valence-electron chi connectivity index (χ4n) is 1.98. The first-order valence-corrected chi connectivity index (χ1v) is 6.17. The average Bonchev–Trinajstić information content (AvgIpc) is 3.00. The molecule has 16 heavy (non-hydrogen) atoms. The largest absolute Gasteiger partial charge is 0.349 e. The Labute approximate surface area is 102 Å². The van der Waals surface area contributed by atoms with Gasteiger partial charge in [-0.2, -0.15) is 0 Å². The van der Waals surface area contributed by atoms with Crippen LogP contribution >= 0.6 is 12.6 Å². The van der Waals surface area contributed by atoms with Gasteiger partial charge in [0, 0.05) is 16.5 Å². The average molecular weight is 235 g/mol. The zero-order valence-corrected chi connectivity index (χ0v) is 10.6. The molecule has 0 radical (unpaired) electrons. The van der Waals surface area contributed by atoms with Crippen molar-refractivity contribution in [3.63, 3.8) is 0 Å². The van der Waals surface area contributed by atoms with Crippen molar-refractivity contribution in [1.29, 1.82) is 0 Å². The quantitative estimate of drug-likeness (QED) is 0.775. The van der Waals surface area contributed by atoms with Gasteiger partial charge < -0.3 is 5.32 Å². The van der Waals surface area contributed by atoms with Crippen molar-refractivity contribution < 1.29 is 4.79 Å². The molecule has 1 aliphatic rings. The molecule has 1 aromatic rings. The van der Waals surface area contributed by atoms with Crippen LogP contribution in [0.2, 0.25) is 0 Å². The van der Waals surface area contributed by atoms with Crippen LogP contribution in [0.15, 0.2) is 23.1 Å². The summed E-state index contributed by atoms with van der Waals surface area (Å²) in [5.41, 5.74) is 1.75. The summed E-state index contributed by atoms with van der Waals surface area (Å²) in [6.07, 6.45) is 2.28. The van der Waals surface area contributed by atoms with E-state index in [1.807, 2.05) is 25.1 Å². The van der Waals surface area contributed by atoms with Crippen LogP contribution in [0.4, 0.5) is 0 Å². The second kappa shape index (κ2) is 4.50. The van der Waals surface area contributed by atoms with Crippen LogP contribution in [-0.4, -0.2) is 11.9 Å². The van der Waals surface area contributed by atoms with Crippen LogP contribution in [0.25, 0.3) is 0 Å². The fraction of sp³-hybridized carbons (Fsp3) is 0.462. The predicted octanol–water partition coefficient (Wildman–Crippen LogP) is 2.81. The van der Waals surface area contributed by atoms with Crippen LogP contribution in [0, 0.1) is 12.8 Å². The molecule has 1 amide bonds. The Morgan fingerprint density at radius 3 is 2.94 bits per heavy atom. The molecule has 0 saturated heterocycles. The SMILES string of the molecule is CCC1CC1NC(=O)c1cc(S)ccc1C. The molecular weight excluding hydrogens is 218 g/mol. The molecule has 2 rings (SSSR count). The van der Waals surface area contributed by atoms with Crippen molar-refractivity contribution in [1.82, 2.24) is 5.32 Å². The smallest absolute Gasteiger partial charge is 0.251 e. The third-order valence-electron chi connectivity index (χ3n) is 3.23. The number of aryl methyl sites for hydroxylation is 1. The number of amides is 1. The van der Waals surface area contributed by atoms with Crippen LogP contribution < -0.4 is 5.32 Å². The van der Waals surface area contributed by atoms with Crippen LogP contribution in [0.3, 0.4) is 0 Å². The summed E-state index contributed by atoms with van der Waals surface area (Å²) in [6, 6.07) is 6.06. The maximum atomic E-state index is 12.0. The number of hydrogen-bond donors (Lipinski definition) is 2. The third kappa shape index (κ3) is 2.40. The zero-order valence-electron chi connectivity index (χ0n) is 9.66. The highest BCUT2D eigenvalue weighted by atomic mass is 32.1.